The molecule has 0 saturated heterocycles. The molecule has 2 rings (SSSR count). The summed E-state index contributed by atoms with van der Waals surface area (Å²) in [4.78, 5) is 18.0. The summed E-state index contributed by atoms with van der Waals surface area (Å²) in [5, 5.41) is 7.26. The number of rotatable bonds is 4. The van der Waals surface area contributed by atoms with Crippen LogP contribution >= 0.6 is 11.3 Å². The molecule has 0 aliphatic rings. The van der Waals surface area contributed by atoms with Crippen LogP contribution in [0.15, 0.2) is 34.0 Å². The Bertz CT molecular complexity index is 492. The standard InChI is InChI=1S/C11H13N3OS/c1-8(6-9-2-5-16-7-9)14-10-11(15)13-4-3-12-10/h2-5,7-8H,6H2,1H3,(H,12,14)(H,13,15). The van der Waals surface area contributed by atoms with E-state index in [2.05, 4.69) is 32.1 Å². The third-order valence-corrected chi connectivity index (χ3v) is 2.94. The Morgan fingerprint density at radius 2 is 2.50 bits per heavy atom. The van der Waals surface area contributed by atoms with Gasteiger partial charge in [-0.2, -0.15) is 11.3 Å². The summed E-state index contributed by atoms with van der Waals surface area (Å²) in [5.41, 5.74) is 1.09. The maximum absolute atomic E-state index is 11.4. The predicted octanol–water partition coefficient (Wildman–Crippen LogP) is 1.87. The minimum absolute atomic E-state index is 0.181. The third kappa shape index (κ3) is 2.70. The molecular weight excluding hydrogens is 222 g/mol. The summed E-state index contributed by atoms with van der Waals surface area (Å²) < 4.78 is 0. The fourth-order valence-corrected chi connectivity index (χ4v) is 2.18. The van der Waals surface area contributed by atoms with Gasteiger partial charge in [-0.05, 0) is 35.7 Å². The monoisotopic (exact) mass is 235 g/mol. The highest BCUT2D eigenvalue weighted by Gasteiger charge is 2.06. The Balaban J connectivity index is 2.00. The van der Waals surface area contributed by atoms with Crippen molar-refractivity contribution in [2.24, 2.45) is 0 Å². The zero-order chi connectivity index (χ0) is 11.4. The van der Waals surface area contributed by atoms with Gasteiger partial charge in [-0.1, -0.05) is 0 Å². The van der Waals surface area contributed by atoms with E-state index >= 15 is 0 Å². The lowest BCUT2D eigenvalue weighted by atomic mass is 10.1. The second kappa shape index (κ2) is 4.94. The molecule has 1 unspecified atom stereocenters. The van der Waals surface area contributed by atoms with Crippen LogP contribution in [0.3, 0.4) is 0 Å². The zero-order valence-electron chi connectivity index (χ0n) is 8.93. The van der Waals surface area contributed by atoms with E-state index in [1.165, 1.54) is 11.8 Å². The van der Waals surface area contributed by atoms with Crippen LogP contribution in [0, 0.1) is 0 Å². The molecule has 2 N–H and O–H groups in total. The summed E-state index contributed by atoms with van der Waals surface area (Å²) in [6.45, 7) is 2.03. The first-order valence-electron chi connectivity index (χ1n) is 5.07. The van der Waals surface area contributed by atoms with Crippen molar-refractivity contribution in [3.05, 3.63) is 45.1 Å². The molecule has 0 aliphatic carbocycles. The van der Waals surface area contributed by atoms with Crippen LogP contribution in [0.2, 0.25) is 0 Å². The van der Waals surface area contributed by atoms with Crippen molar-refractivity contribution < 1.29 is 0 Å². The first-order chi connectivity index (χ1) is 7.75. The highest BCUT2D eigenvalue weighted by Crippen LogP contribution is 2.10. The van der Waals surface area contributed by atoms with Crippen LogP contribution in [0.4, 0.5) is 5.82 Å². The molecule has 0 amide bonds. The molecule has 84 valence electrons. The van der Waals surface area contributed by atoms with Gasteiger partial charge in [0.15, 0.2) is 5.82 Å². The van der Waals surface area contributed by atoms with E-state index in [0.717, 1.165) is 6.42 Å². The van der Waals surface area contributed by atoms with E-state index < -0.39 is 0 Å². The lowest BCUT2D eigenvalue weighted by Crippen LogP contribution is -2.24. The number of thiophene rings is 1. The molecule has 4 nitrogen and oxygen atoms in total. The van der Waals surface area contributed by atoms with E-state index in [0.29, 0.717) is 5.82 Å². The quantitative estimate of drug-likeness (QED) is 0.850. The number of H-pyrrole nitrogens is 1. The van der Waals surface area contributed by atoms with Crippen molar-refractivity contribution in [2.45, 2.75) is 19.4 Å². The molecule has 16 heavy (non-hydrogen) atoms. The zero-order valence-corrected chi connectivity index (χ0v) is 9.75. The molecule has 2 heterocycles. The lowest BCUT2D eigenvalue weighted by molar-refractivity contribution is 0.783. The van der Waals surface area contributed by atoms with Crippen LogP contribution < -0.4 is 10.9 Å². The number of nitrogens with one attached hydrogen (secondary N) is 2. The average molecular weight is 235 g/mol. The molecule has 0 saturated carbocycles. The van der Waals surface area contributed by atoms with Gasteiger partial charge >= 0.3 is 0 Å². The van der Waals surface area contributed by atoms with Gasteiger partial charge < -0.3 is 10.3 Å². The number of aromatic nitrogens is 2. The van der Waals surface area contributed by atoms with Crippen LogP contribution in [0.25, 0.3) is 0 Å². The van der Waals surface area contributed by atoms with E-state index in [1.807, 2.05) is 6.92 Å². The van der Waals surface area contributed by atoms with E-state index in [-0.39, 0.29) is 11.6 Å². The molecular formula is C11H13N3OS. The minimum Gasteiger partial charge on any atom is -0.363 e. The van der Waals surface area contributed by atoms with Gasteiger partial charge in [0.05, 0.1) is 0 Å². The largest absolute Gasteiger partial charge is 0.363 e. The average Bonchev–Trinajstić information content (AvgIpc) is 2.74. The SMILES string of the molecule is CC(Cc1ccsc1)Nc1ncc[nH]c1=O. The minimum atomic E-state index is -0.181. The summed E-state index contributed by atoms with van der Waals surface area (Å²) >= 11 is 1.68. The van der Waals surface area contributed by atoms with E-state index in [9.17, 15) is 4.79 Å². The fourth-order valence-electron chi connectivity index (χ4n) is 1.50. The molecule has 0 aromatic carbocycles. The number of nitrogens with zero attached hydrogens (tertiary/aromatic N) is 1. The summed E-state index contributed by atoms with van der Waals surface area (Å²) in [5.74, 6) is 0.380. The van der Waals surface area contributed by atoms with Gasteiger partial charge in [0, 0.05) is 18.4 Å². The second-order valence-electron chi connectivity index (χ2n) is 3.65. The number of hydrogen-bond donors (Lipinski definition) is 2. The van der Waals surface area contributed by atoms with Gasteiger partial charge in [-0.3, -0.25) is 4.79 Å². The first-order valence-corrected chi connectivity index (χ1v) is 6.01. The Kier molecular flexibility index (Phi) is 3.36. The van der Waals surface area contributed by atoms with Crippen molar-refractivity contribution in [1.29, 1.82) is 0 Å². The van der Waals surface area contributed by atoms with E-state index in [4.69, 9.17) is 0 Å². The Morgan fingerprint density at radius 1 is 1.62 bits per heavy atom. The molecule has 1 atom stereocenters. The van der Waals surface area contributed by atoms with Gasteiger partial charge in [-0.15, -0.1) is 0 Å². The molecule has 2 aromatic rings. The van der Waals surface area contributed by atoms with Crippen molar-refractivity contribution in [3.63, 3.8) is 0 Å². The van der Waals surface area contributed by atoms with Gasteiger partial charge in [0.2, 0.25) is 0 Å². The molecule has 0 spiro atoms. The van der Waals surface area contributed by atoms with Crippen molar-refractivity contribution in [3.8, 4) is 0 Å². The maximum Gasteiger partial charge on any atom is 0.290 e. The summed E-state index contributed by atoms with van der Waals surface area (Å²) in [6.07, 6.45) is 3.98. The molecule has 2 aromatic heterocycles. The van der Waals surface area contributed by atoms with Crippen LogP contribution in [0.1, 0.15) is 12.5 Å². The Hall–Kier alpha value is -1.62. The molecule has 0 aliphatic heterocycles. The Morgan fingerprint density at radius 3 is 3.19 bits per heavy atom. The number of hydrogen-bond acceptors (Lipinski definition) is 4. The van der Waals surface area contributed by atoms with Crippen molar-refractivity contribution >= 4 is 17.2 Å². The Labute approximate surface area is 97.4 Å². The van der Waals surface area contributed by atoms with Crippen molar-refractivity contribution in [2.75, 3.05) is 5.32 Å². The van der Waals surface area contributed by atoms with Gasteiger partial charge in [0.1, 0.15) is 0 Å². The maximum atomic E-state index is 11.4. The normalized spacial score (nSPS) is 12.3. The van der Waals surface area contributed by atoms with Gasteiger partial charge in [-0.25, -0.2) is 4.98 Å². The summed E-state index contributed by atoms with van der Waals surface area (Å²) in [6, 6.07) is 2.27. The molecule has 0 bridgehead atoms. The first kappa shape index (κ1) is 10.9. The smallest absolute Gasteiger partial charge is 0.290 e. The molecule has 0 radical (unpaired) electrons. The molecule has 0 fully saturated rings. The fraction of sp³-hybridized carbons (Fsp3) is 0.273. The van der Waals surface area contributed by atoms with Crippen LogP contribution in [-0.2, 0) is 6.42 Å². The number of aromatic amines is 1. The summed E-state index contributed by atoms with van der Waals surface area (Å²) in [7, 11) is 0. The van der Waals surface area contributed by atoms with Gasteiger partial charge in [0.25, 0.3) is 5.56 Å². The number of anilines is 1. The third-order valence-electron chi connectivity index (χ3n) is 2.21. The van der Waals surface area contributed by atoms with Crippen LogP contribution in [-0.4, -0.2) is 16.0 Å². The lowest BCUT2D eigenvalue weighted by Gasteiger charge is -2.12. The molecule has 5 heteroatoms. The highest BCUT2D eigenvalue weighted by molar-refractivity contribution is 7.07. The van der Waals surface area contributed by atoms with Crippen molar-refractivity contribution in [1.82, 2.24) is 9.97 Å². The second-order valence-corrected chi connectivity index (χ2v) is 4.43. The van der Waals surface area contributed by atoms with E-state index in [1.54, 1.807) is 17.5 Å². The highest BCUT2D eigenvalue weighted by atomic mass is 32.1. The topological polar surface area (TPSA) is 57.8 Å². The van der Waals surface area contributed by atoms with Crippen LogP contribution in [0.5, 0.6) is 0 Å². The predicted molar refractivity (Wildman–Crippen MR) is 66.0 cm³/mol.